The molecule has 1 N–H and O–H groups in total. The van der Waals surface area contributed by atoms with Crippen LogP contribution in [0, 0.1) is 19.3 Å². The van der Waals surface area contributed by atoms with Crippen LogP contribution in [0.25, 0.3) is 22.0 Å². The Kier molecular flexibility index (Phi) is 6.54. The van der Waals surface area contributed by atoms with Crippen molar-refractivity contribution in [1.82, 2.24) is 29.8 Å². The number of halogens is 1. The lowest BCUT2D eigenvalue weighted by atomic mass is 9.60. The van der Waals surface area contributed by atoms with Gasteiger partial charge in [-0.25, -0.2) is 0 Å². The molecule has 5 aliphatic rings. The minimum absolute atomic E-state index is 0.0351. The van der Waals surface area contributed by atoms with E-state index in [4.69, 9.17) is 21.4 Å². The molecule has 44 heavy (non-hydrogen) atoms. The van der Waals surface area contributed by atoms with Crippen molar-refractivity contribution in [3.8, 4) is 11.1 Å². The lowest BCUT2D eigenvalue weighted by Gasteiger charge is -2.58. The third-order valence-corrected chi connectivity index (χ3v) is 12.1. The fourth-order valence-electron chi connectivity index (χ4n) is 9.48. The molecule has 9 nitrogen and oxygen atoms in total. The number of nitrogens with zero attached hydrogens (tertiary/aromatic N) is 6. The van der Waals surface area contributed by atoms with Gasteiger partial charge < -0.3 is 14.5 Å². The number of piperidine rings is 1. The Morgan fingerprint density at radius 1 is 1.07 bits per heavy atom. The number of anilines is 1. The van der Waals surface area contributed by atoms with Crippen molar-refractivity contribution in [3.05, 3.63) is 41.2 Å². The largest absolute Gasteiger partial charge is 0.378 e. The Balaban J connectivity index is 1.16. The number of ether oxygens (including phenoxy) is 1. The molecule has 10 heteroatoms. The normalized spacial score (nSPS) is 28.0. The Hall–Kier alpha value is -2.88. The van der Waals surface area contributed by atoms with Gasteiger partial charge >= 0.3 is 0 Å². The summed E-state index contributed by atoms with van der Waals surface area (Å²) in [6, 6.07) is 4.07. The molecule has 1 aromatic carbocycles. The molecule has 3 unspecified atom stereocenters. The number of hydrogen-bond donors (Lipinski definition) is 1. The van der Waals surface area contributed by atoms with E-state index in [0.717, 1.165) is 103 Å². The third kappa shape index (κ3) is 4.22. The van der Waals surface area contributed by atoms with Crippen LogP contribution in [-0.4, -0.2) is 92.2 Å². The lowest BCUT2D eigenvalue weighted by molar-refractivity contribution is -0.149. The molecule has 2 aromatic heterocycles. The summed E-state index contributed by atoms with van der Waals surface area (Å²) < 4.78 is 8.21. The third-order valence-electron chi connectivity index (χ3n) is 11.6. The number of morpholine rings is 1. The van der Waals surface area contributed by atoms with Gasteiger partial charge in [0, 0.05) is 70.9 Å². The average Bonchev–Trinajstić information content (AvgIpc) is 3.61. The number of aryl methyl sites for hydroxylation is 1. The van der Waals surface area contributed by atoms with Gasteiger partial charge in [-0.3, -0.25) is 19.5 Å². The molecule has 3 aromatic rings. The van der Waals surface area contributed by atoms with E-state index in [1.54, 1.807) is 0 Å². The smallest absolute Gasteiger partial charge is 0.245 e. The first-order valence-corrected chi connectivity index (χ1v) is 16.7. The van der Waals surface area contributed by atoms with Crippen LogP contribution < -0.4 is 4.90 Å². The predicted molar refractivity (Wildman–Crippen MR) is 173 cm³/mol. The van der Waals surface area contributed by atoms with Gasteiger partial charge in [0.2, 0.25) is 5.91 Å². The highest BCUT2D eigenvalue weighted by Gasteiger charge is 2.55. The minimum Gasteiger partial charge on any atom is -0.378 e. The monoisotopic (exact) mass is 617 g/mol. The summed E-state index contributed by atoms with van der Waals surface area (Å²) in [5.41, 5.74) is 5.44. The molecule has 3 atom stereocenters. The molecule has 1 saturated carbocycles. The summed E-state index contributed by atoms with van der Waals surface area (Å²) in [4.78, 5) is 19.4. The minimum atomic E-state index is -0.0901. The lowest BCUT2D eigenvalue weighted by Crippen LogP contribution is -2.63. The predicted octanol–water partition coefficient (Wildman–Crippen LogP) is 5.66. The average molecular weight is 618 g/mol. The van der Waals surface area contributed by atoms with Gasteiger partial charge in [-0.1, -0.05) is 18.2 Å². The molecular weight excluding hydrogens is 574 g/mol. The number of amides is 1. The molecule has 4 aliphatic heterocycles. The van der Waals surface area contributed by atoms with Gasteiger partial charge in [-0.2, -0.15) is 10.2 Å². The molecule has 5 fully saturated rings. The fourth-order valence-corrected chi connectivity index (χ4v) is 9.73. The van der Waals surface area contributed by atoms with E-state index in [9.17, 15) is 4.79 Å². The maximum absolute atomic E-state index is 12.1. The number of hydrogen-bond acceptors (Lipinski definition) is 6. The van der Waals surface area contributed by atoms with Gasteiger partial charge in [-0.15, -0.1) is 0 Å². The molecule has 0 radical (unpaired) electrons. The first-order valence-electron chi connectivity index (χ1n) is 16.3. The number of likely N-dealkylation sites (tertiary alicyclic amines) is 1. The number of benzene rings is 1. The molecule has 4 saturated heterocycles. The van der Waals surface area contributed by atoms with Crippen LogP contribution >= 0.6 is 11.6 Å². The van der Waals surface area contributed by atoms with Gasteiger partial charge in [0.15, 0.2) is 5.82 Å². The van der Waals surface area contributed by atoms with E-state index in [1.807, 2.05) is 11.1 Å². The summed E-state index contributed by atoms with van der Waals surface area (Å²) in [5, 5.41) is 14.9. The van der Waals surface area contributed by atoms with Gasteiger partial charge in [-0.05, 0) is 83.9 Å². The van der Waals surface area contributed by atoms with Crippen LogP contribution in [0.15, 0.2) is 24.9 Å². The van der Waals surface area contributed by atoms with E-state index >= 15 is 0 Å². The van der Waals surface area contributed by atoms with Crippen LogP contribution in [0.4, 0.5) is 5.82 Å². The molecule has 1 aliphatic carbocycles. The standard InChI is InChI=1S/C34H44ClN7O2/c1-6-28(43)39-18-34(19-39)13-25(14-34)42-21(3)29(30-26-15-36-37-27(26)11-20(2)31(30)35)32(38-42)40-10-9-22(12-33(40,4)5)41-23-7-8-24(41)17-44-16-23/h6,11,15,22-25H,1,7-10,12-14,16-19H2,2-5H3,(H,36,37). The highest BCUT2D eigenvalue weighted by Crippen LogP contribution is 2.56. The Bertz CT molecular complexity index is 1630. The SMILES string of the molecule is C=CC(=O)N1CC2(CC(n3nc(N4CCC(N5C6CCC5COC6)CC4(C)C)c(-c4c(Cl)c(C)cc5[nH]ncc45)c3C)C2)C1. The summed E-state index contributed by atoms with van der Waals surface area (Å²) in [6.07, 6.45) is 10.1. The number of H-pyrrole nitrogens is 1. The van der Waals surface area contributed by atoms with Crippen molar-refractivity contribution in [2.24, 2.45) is 5.41 Å². The molecule has 1 spiro atoms. The Morgan fingerprint density at radius 2 is 1.80 bits per heavy atom. The number of rotatable bonds is 5. The Labute approximate surface area is 264 Å². The molecule has 1 amide bonds. The van der Waals surface area contributed by atoms with E-state index in [1.165, 1.54) is 18.9 Å². The fraction of sp³-hybridized carbons (Fsp3) is 0.618. The zero-order chi connectivity index (χ0) is 30.5. The molecule has 234 valence electrons. The van der Waals surface area contributed by atoms with Crippen molar-refractivity contribution in [3.63, 3.8) is 0 Å². The van der Waals surface area contributed by atoms with Crippen molar-refractivity contribution < 1.29 is 9.53 Å². The molecule has 6 heterocycles. The maximum Gasteiger partial charge on any atom is 0.245 e. The topological polar surface area (TPSA) is 82.5 Å². The maximum atomic E-state index is 12.1. The highest BCUT2D eigenvalue weighted by atomic mass is 35.5. The van der Waals surface area contributed by atoms with Crippen molar-refractivity contribution in [1.29, 1.82) is 0 Å². The number of fused-ring (bicyclic) bond motifs is 3. The van der Waals surface area contributed by atoms with E-state index in [-0.39, 0.29) is 16.9 Å². The van der Waals surface area contributed by atoms with E-state index in [0.29, 0.717) is 24.2 Å². The zero-order valence-corrected chi connectivity index (χ0v) is 27.2. The second-order valence-corrected chi connectivity index (χ2v) is 15.3. The first-order chi connectivity index (χ1) is 21.1. The van der Waals surface area contributed by atoms with Crippen molar-refractivity contribution in [2.75, 3.05) is 37.7 Å². The van der Waals surface area contributed by atoms with Crippen molar-refractivity contribution >= 4 is 34.2 Å². The molecule has 2 bridgehead atoms. The van der Waals surface area contributed by atoms with Gasteiger partial charge in [0.25, 0.3) is 0 Å². The Morgan fingerprint density at radius 3 is 2.48 bits per heavy atom. The zero-order valence-electron chi connectivity index (χ0n) is 26.4. The summed E-state index contributed by atoms with van der Waals surface area (Å²) >= 11 is 7.19. The van der Waals surface area contributed by atoms with Crippen LogP contribution in [-0.2, 0) is 9.53 Å². The van der Waals surface area contributed by atoms with Crippen LogP contribution in [0.2, 0.25) is 5.02 Å². The van der Waals surface area contributed by atoms with Crippen molar-refractivity contribution in [2.45, 2.75) is 95.9 Å². The van der Waals surface area contributed by atoms with Gasteiger partial charge in [0.1, 0.15) is 0 Å². The second kappa shape index (κ2) is 10.1. The van der Waals surface area contributed by atoms with Gasteiger partial charge in [0.05, 0.1) is 36.0 Å². The van der Waals surface area contributed by atoms with Crippen LogP contribution in [0.1, 0.15) is 69.7 Å². The number of carbonyl (C=O) groups excluding carboxylic acids is 1. The summed E-state index contributed by atoms with van der Waals surface area (Å²) in [6.45, 7) is 17.1. The van der Waals surface area contributed by atoms with E-state index in [2.05, 4.69) is 65.0 Å². The van der Waals surface area contributed by atoms with E-state index < -0.39 is 0 Å². The molecule has 8 rings (SSSR count). The molecular formula is C34H44ClN7O2. The highest BCUT2D eigenvalue weighted by molar-refractivity contribution is 6.36. The number of nitrogens with one attached hydrogen (secondary N) is 1. The summed E-state index contributed by atoms with van der Waals surface area (Å²) in [7, 11) is 0. The van der Waals surface area contributed by atoms with Crippen LogP contribution in [0.3, 0.4) is 0 Å². The van der Waals surface area contributed by atoms with Crippen LogP contribution in [0.5, 0.6) is 0 Å². The number of aromatic amines is 1. The second-order valence-electron chi connectivity index (χ2n) is 14.9. The number of carbonyl (C=O) groups is 1. The summed E-state index contributed by atoms with van der Waals surface area (Å²) in [5.74, 6) is 1.07. The quantitative estimate of drug-likeness (QED) is 0.372. The number of aromatic nitrogens is 4. The first kappa shape index (κ1) is 28.6.